The molecule has 3 aromatic carbocycles. The van der Waals surface area contributed by atoms with Crippen LogP contribution >= 0.6 is 23.2 Å². The van der Waals surface area contributed by atoms with Crippen molar-refractivity contribution in [2.24, 2.45) is 0 Å². The molecule has 0 unspecified atom stereocenters. The molecule has 0 spiro atoms. The highest BCUT2D eigenvalue weighted by molar-refractivity contribution is 6.35. The van der Waals surface area contributed by atoms with Gasteiger partial charge in [0.25, 0.3) is 0 Å². The lowest BCUT2D eigenvalue weighted by atomic mass is 10.1. The molecule has 0 saturated carbocycles. The molecule has 0 aliphatic rings. The summed E-state index contributed by atoms with van der Waals surface area (Å²) in [5, 5.41) is 14.7. The fraction of sp³-hybridized carbons (Fsp3) is 0.0800. The second-order valence-electron chi connectivity index (χ2n) is 8.04. The van der Waals surface area contributed by atoms with Crippen molar-refractivity contribution in [2.75, 3.05) is 0 Å². The van der Waals surface area contributed by atoms with E-state index < -0.39 is 12.3 Å². The van der Waals surface area contributed by atoms with Crippen molar-refractivity contribution in [3.05, 3.63) is 87.9 Å². The van der Waals surface area contributed by atoms with Gasteiger partial charge in [-0.2, -0.15) is 5.10 Å². The summed E-state index contributed by atoms with van der Waals surface area (Å²) in [6, 6.07) is 16.9. The average molecular weight is 547 g/mol. The fourth-order valence-electron chi connectivity index (χ4n) is 3.80. The lowest BCUT2D eigenvalue weighted by Gasteiger charge is -2.07. The molecule has 2 N–H and O–H groups in total. The molecule has 188 valence electrons. The average Bonchev–Trinajstić information content (AvgIpc) is 3.41. The normalized spacial score (nSPS) is 11.7. The second-order valence-corrected chi connectivity index (χ2v) is 8.92. The zero-order valence-corrected chi connectivity index (χ0v) is 20.1. The Labute approximate surface area is 217 Å². The molecular weight excluding hydrogens is 532 g/mol. The lowest BCUT2D eigenvalue weighted by Crippen LogP contribution is -2.16. The second kappa shape index (κ2) is 9.45. The number of carbonyl (C=O) groups is 1. The molecule has 0 radical (unpaired) electrons. The van der Waals surface area contributed by atoms with E-state index in [-0.39, 0.29) is 17.9 Å². The van der Waals surface area contributed by atoms with Crippen LogP contribution in [0, 0.1) is 0 Å². The van der Waals surface area contributed by atoms with Gasteiger partial charge in [0.2, 0.25) is 0 Å². The Morgan fingerprint density at radius 3 is 2.35 bits per heavy atom. The van der Waals surface area contributed by atoms with Gasteiger partial charge in [0.05, 0.1) is 28.8 Å². The van der Waals surface area contributed by atoms with Gasteiger partial charge in [0.15, 0.2) is 5.82 Å². The van der Waals surface area contributed by atoms with E-state index in [9.17, 15) is 18.0 Å². The summed E-state index contributed by atoms with van der Waals surface area (Å²) in [6.45, 7) is 0.253. The van der Waals surface area contributed by atoms with Crippen molar-refractivity contribution in [3.63, 3.8) is 0 Å². The Kier molecular flexibility index (Phi) is 6.30. The van der Waals surface area contributed by atoms with Gasteiger partial charge in [-0.25, -0.2) is 9.78 Å². The van der Waals surface area contributed by atoms with Gasteiger partial charge < -0.3 is 14.8 Å². The predicted octanol–water partition coefficient (Wildman–Crippen LogP) is 7.05. The summed E-state index contributed by atoms with van der Waals surface area (Å²) in [5.41, 5.74) is 3.38. The Balaban J connectivity index is 1.58. The number of benzene rings is 3. The van der Waals surface area contributed by atoms with Crippen LogP contribution in [0.2, 0.25) is 10.0 Å². The number of imidazole rings is 1. The maximum Gasteiger partial charge on any atom is 0.573 e. The largest absolute Gasteiger partial charge is 0.573 e. The zero-order chi connectivity index (χ0) is 26.3. The predicted molar refractivity (Wildman–Crippen MR) is 132 cm³/mol. The third-order valence-corrected chi connectivity index (χ3v) is 5.84. The molecule has 0 aliphatic heterocycles. The lowest BCUT2D eigenvalue weighted by molar-refractivity contribution is -0.274. The van der Waals surface area contributed by atoms with Crippen molar-refractivity contribution < 1.29 is 27.8 Å². The minimum Gasteiger partial charge on any atom is -0.478 e. The fourth-order valence-corrected chi connectivity index (χ4v) is 4.33. The Bertz CT molecular complexity index is 1610. The SMILES string of the molecule is O=C(O)c1ccc(Cn2nc(-c3cc(Cl)cc(Cl)c3)cc2-c2nc3ccc(OC(F)(F)F)cc3[nH]2)cc1. The van der Waals surface area contributed by atoms with E-state index in [2.05, 4.69) is 19.8 Å². The van der Waals surface area contributed by atoms with Crippen LogP contribution in [-0.4, -0.2) is 37.2 Å². The monoisotopic (exact) mass is 546 g/mol. The number of hydrogen-bond donors (Lipinski definition) is 2. The molecule has 5 rings (SSSR count). The molecule has 5 aromatic rings. The van der Waals surface area contributed by atoms with Crippen LogP contribution in [0.15, 0.2) is 66.7 Å². The number of ether oxygens (including phenoxy) is 1. The number of aromatic amines is 1. The summed E-state index contributed by atoms with van der Waals surface area (Å²) in [7, 11) is 0. The van der Waals surface area contributed by atoms with E-state index in [4.69, 9.17) is 28.3 Å². The number of carboxylic acids is 1. The zero-order valence-electron chi connectivity index (χ0n) is 18.6. The number of aromatic carboxylic acids is 1. The summed E-state index contributed by atoms with van der Waals surface area (Å²) < 4.78 is 43.6. The third-order valence-electron chi connectivity index (χ3n) is 5.40. The number of hydrogen-bond acceptors (Lipinski definition) is 4. The quantitative estimate of drug-likeness (QED) is 0.238. The summed E-state index contributed by atoms with van der Waals surface area (Å²) in [6.07, 6.45) is -4.82. The molecule has 0 atom stereocenters. The van der Waals surface area contributed by atoms with Crippen LogP contribution < -0.4 is 4.74 Å². The van der Waals surface area contributed by atoms with Gasteiger partial charge in [0.1, 0.15) is 11.4 Å². The first-order valence-corrected chi connectivity index (χ1v) is 11.4. The van der Waals surface area contributed by atoms with Crippen LogP contribution in [0.25, 0.3) is 33.8 Å². The molecule has 0 amide bonds. The summed E-state index contributed by atoms with van der Waals surface area (Å²) in [5.74, 6) is -1.06. The molecule has 0 bridgehead atoms. The van der Waals surface area contributed by atoms with Gasteiger partial charge in [-0.1, -0.05) is 35.3 Å². The highest BCUT2D eigenvalue weighted by atomic mass is 35.5. The highest BCUT2D eigenvalue weighted by Gasteiger charge is 2.31. The summed E-state index contributed by atoms with van der Waals surface area (Å²) >= 11 is 12.3. The number of nitrogens with zero attached hydrogens (tertiary/aromatic N) is 3. The van der Waals surface area contributed by atoms with E-state index in [1.54, 1.807) is 41.1 Å². The molecule has 12 heteroatoms. The molecule has 0 aliphatic carbocycles. The number of halogens is 5. The van der Waals surface area contributed by atoms with Crippen LogP contribution in [0.1, 0.15) is 15.9 Å². The maximum absolute atomic E-state index is 12.7. The van der Waals surface area contributed by atoms with Crippen molar-refractivity contribution in [1.82, 2.24) is 19.7 Å². The standard InChI is InChI=1S/C25H15Cl2F3N4O3/c26-16-7-15(8-17(27)9-16)20-11-22(34(33-20)12-13-1-3-14(4-2-13)24(35)36)23-31-19-6-5-18(10-21(19)32-23)37-25(28,29)30/h1-11H,12H2,(H,31,32)(H,35,36). The number of rotatable bonds is 6. The Morgan fingerprint density at radius 2 is 1.70 bits per heavy atom. The van der Waals surface area contributed by atoms with Crippen LogP contribution in [-0.2, 0) is 6.54 Å². The summed E-state index contributed by atoms with van der Waals surface area (Å²) in [4.78, 5) is 18.7. The van der Waals surface area contributed by atoms with Crippen molar-refractivity contribution >= 4 is 40.2 Å². The van der Waals surface area contributed by atoms with E-state index in [1.807, 2.05) is 0 Å². The molecule has 0 saturated heterocycles. The van der Waals surface area contributed by atoms with Gasteiger partial charge >= 0.3 is 12.3 Å². The number of carboxylic acid groups (broad SMARTS) is 1. The number of H-pyrrole nitrogens is 1. The first-order valence-electron chi connectivity index (χ1n) is 10.7. The molecule has 7 nitrogen and oxygen atoms in total. The number of aromatic nitrogens is 4. The first kappa shape index (κ1) is 24.7. The van der Waals surface area contributed by atoms with Crippen molar-refractivity contribution in [1.29, 1.82) is 0 Å². The van der Waals surface area contributed by atoms with Gasteiger partial charge in [-0.3, -0.25) is 4.68 Å². The highest BCUT2D eigenvalue weighted by Crippen LogP contribution is 2.32. The Morgan fingerprint density at radius 1 is 1.00 bits per heavy atom. The van der Waals surface area contributed by atoms with E-state index in [0.29, 0.717) is 43.9 Å². The molecule has 0 fully saturated rings. The van der Waals surface area contributed by atoms with E-state index in [0.717, 1.165) is 5.56 Å². The molecule has 37 heavy (non-hydrogen) atoms. The van der Waals surface area contributed by atoms with Crippen molar-refractivity contribution in [3.8, 4) is 28.5 Å². The molecular formula is C25H15Cl2F3N4O3. The maximum atomic E-state index is 12.7. The van der Waals surface area contributed by atoms with E-state index >= 15 is 0 Å². The molecule has 2 aromatic heterocycles. The number of alkyl halides is 3. The third kappa shape index (κ3) is 5.55. The van der Waals surface area contributed by atoms with Crippen LogP contribution in [0.4, 0.5) is 13.2 Å². The topological polar surface area (TPSA) is 93.0 Å². The number of fused-ring (bicyclic) bond motifs is 1. The van der Waals surface area contributed by atoms with Crippen molar-refractivity contribution in [2.45, 2.75) is 12.9 Å². The molecule has 2 heterocycles. The number of nitrogens with one attached hydrogen (secondary N) is 1. The van der Waals surface area contributed by atoms with Crippen LogP contribution in [0.3, 0.4) is 0 Å². The smallest absolute Gasteiger partial charge is 0.478 e. The van der Waals surface area contributed by atoms with Gasteiger partial charge in [-0.05, 0) is 54.1 Å². The minimum atomic E-state index is -4.82. The Hall–Kier alpha value is -4.02. The minimum absolute atomic E-state index is 0.146. The van der Waals surface area contributed by atoms with Gasteiger partial charge in [0, 0.05) is 21.7 Å². The van der Waals surface area contributed by atoms with Crippen LogP contribution in [0.5, 0.6) is 5.75 Å². The van der Waals surface area contributed by atoms with E-state index in [1.165, 1.54) is 30.3 Å². The first-order chi connectivity index (χ1) is 17.5. The van der Waals surface area contributed by atoms with Gasteiger partial charge in [-0.15, -0.1) is 13.2 Å².